The second kappa shape index (κ2) is 11.1. The van der Waals surface area contributed by atoms with E-state index >= 15 is 0 Å². The smallest absolute Gasteiger partial charge is 0.386 e. The summed E-state index contributed by atoms with van der Waals surface area (Å²) in [4.78, 5) is 12.8. The fourth-order valence-corrected chi connectivity index (χ4v) is 4.58. The molecule has 3 aromatic rings. The summed E-state index contributed by atoms with van der Waals surface area (Å²) in [7, 11) is 2.01. The van der Waals surface area contributed by atoms with Gasteiger partial charge < -0.3 is 20.6 Å². The third-order valence-electron chi connectivity index (χ3n) is 6.82. The van der Waals surface area contributed by atoms with Crippen molar-refractivity contribution in [3.05, 3.63) is 82.7 Å². The second-order valence-corrected chi connectivity index (χ2v) is 9.84. The molecule has 2 aromatic heterocycles. The van der Waals surface area contributed by atoms with E-state index in [1.807, 2.05) is 24.9 Å². The molecule has 1 saturated heterocycles. The number of imidazole rings is 1. The molecule has 3 N–H and O–H groups in total. The van der Waals surface area contributed by atoms with Crippen LogP contribution in [0.25, 0.3) is 5.65 Å². The van der Waals surface area contributed by atoms with Crippen molar-refractivity contribution in [2.24, 2.45) is 0 Å². The van der Waals surface area contributed by atoms with Gasteiger partial charge in [0.25, 0.3) is 0 Å². The first-order chi connectivity index (χ1) is 18.7. The highest BCUT2D eigenvalue weighted by molar-refractivity contribution is 5.53. The summed E-state index contributed by atoms with van der Waals surface area (Å²) in [5.41, 5.74) is 3.14. The minimum atomic E-state index is -4.51. The maximum absolute atomic E-state index is 13.9. The Kier molecular flexibility index (Phi) is 7.61. The van der Waals surface area contributed by atoms with Gasteiger partial charge in [0.1, 0.15) is 17.7 Å². The van der Waals surface area contributed by atoms with Gasteiger partial charge in [0, 0.05) is 74.1 Å². The molecule has 2 aliphatic heterocycles. The van der Waals surface area contributed by atoms with E-state index in [1.54, 1.807) is 35.3 Å². The number of hydrogen-bond acceptors (Lipinski definition) is 7. The fraction of sp³-hybridized carbons (Fsp3) is 0.357. The molecule has 2 aliphatic rings. The predicted octanol–water partition coefficient (Wildman–Crippen LogP) is 3.00. The van der Waals surface area contributed by atoms with Gasteiger partial charge in [-0.15, -0.1) is 0 Å². The first-order valence-electron chi connectivity index (χ1n) is 12.7. The van der Waals surface area contributed by atoms with Crippen molar-refractivity contribution >= 4 is 11.3 Å². The van der Waals surface area contributed by atoms with E-state index in [1.165, 1.54) is 6.07 Å². The number of hydrogen-bond donors (Lipinski definition) is 3. The molecule has 39 heavy (non-hydrogen) atoms. The maximum Gasteiger partial charge on any atom is 0.416 e. The summed E-state index contributed by atoms with van der Waals surface area (Å²) in [6, 6.07) is 5.99. The van der Waals surface area contributed by atoms with Gasteiger partial charge in [0.05, 0.1) is 11.8 Å². The summed E-state index contributed by atoms with van der Waals surface area (Å²) in [5, 5.41) is 16.6. The Morgan fingerprint density at radius 2 is 1.92 bits per heavy atom. The SMILES string of the molecule is Cc1cc2ncc(C#CC3=CC(C(O)Nc4ccc(CN5CCN(C)CC5)c(C(F)(F)F)c4)=CNC3)n2cn1. The molecule has 8 nitrogen and oxygen atoms in total. The third-order valence-corrected chi connectivity index (χ3v) is 6.82. The van der Waals surface area contributed by atoms with Gasteiger partial charge in [-0.1, -0.05) is 12.0 Å². The van der Waals surface area contributed by atoms with E-state index < -0.39 is 18.0 Å². The number of aliphatic hydroxyl groups is 1. The minimum Gasteiger partial charge on any atom is -0.386 e. The number of anilines is 1. The number of benzene rings is 1. The average Bonchev–Trinajstić information content (AvgIpc) is 3.31. The number of aliphatic hydroxyl groups excluding tert-OH is 1. The summed E-state index contributed by atoms with van der Waals surface area (Å²) >= 11 is 0. The van der Waals surface area contributed by atoms with Crippen LogP contribution in [0.2, 0.25) is 0 Å². The number of fused-ring (bicyclic) bond motifs is 1. The average molecular weight is 538 g/mol. The lowest BCUT2D eigenvalue weighted by Gasteiger charge is -2.33. The highest BCUT2D eigenvalue weighted by Gasteiger charge is 2.34. The van der Waals surface area contributed by atoms with Crippen LogP contribution in [0.5, 0.6) is 0 Å². The number of aryl methyl sites for hydroxylation is 1. The summed E-state index contributed by atoms with van der Waals surface area (Å²) < 4.78 is 43.6. The lowest BCUT2D eigenvalue weighted by Crippen LogP contribution is -2.44. The number of halogens is 3. The quantitative estimate of drug-likeness (QED) is 0.341. The van der Waals surface area contributed by atoms with Crippen LogP contribution in [0.1, 0.15) is 22.5 Å². The molecular weight excluding hydrogens is 507 g/mol. The van der Waals surface area contributed by atoms with Gasteiger partial charge in [0.15, 0.2) is 6.23 Å². The Morgan fingerprint density at radius 1 is 1.13 bits per heavy atom. The number of rotatable bonds is 5. The molecule has 0 aliphatic carbocycles. The van der Waals surface area contributed by atoms with E-state index in [0.29, 0.717) is 23.4 Å². The van der Waals surface area contributed by atoms with Crippen LogP contribution in [-0.4, -0.2) is 75.3 Å². The minimum absolute atomic E-state index is 0.179. The van der Waals surface area contributed by atoms with E-state index in [-0.39, 0.29) is 17.8 Å². The lowest BCUT2D eigenvalue weighted by atomic mass is 10.0. The first kappa shape index (κ1) is 26.7. The Morgan fingerprint density at radius 3 is 2.69 bits per heavy atom. The van der Waals surface area contributed by atoms with Gasteiger partial charge >= 0.3 is 6.18 Å². The fourth-order valence-electron chi connectivity index (χ4n) is 4.58. The predicted molar refractivity (Wildman–Crippen MR) is 143 cm³/mol. The number of nitrogens with one attached hydrogen (secondary N) is 2. The van der Waals surface area contributed by atoms with Gasteiger partial charge in [0.2, 0.25) is 0 Å². The number of alkyl halides is 3. The molecule has 1 fully saturated rings. The molecule has 204 valence electrons. The van der Waals surface area contributed by atoms with Crippen LogP contribution >= 0.6 is 0 Å². The third kappa shape index (κ3) is 6.42. The van der Waals surface area contributed by atoms with E-state index in [2.05, 4.69) is 37.3 Å². The van der Waals surface area contributed by atoms with Gasteiger partial charge in [-0.05, 0) is 43.7 Å². The van der Waals surface area contributed by atoms with Crippen LogP contribution in [0.3, 0.4) is 0 Å². The van der Waals surface area contributed by atoms with E-state index in [9.17, 15) is 18.3 Å². The lowest BCUT2D eigenvalue weighted by molar-refractivity contribution is -0.138. The summed E-state index contributed by atoms with van der Waals surface area (Å²) in [5.74, 6) is 6.15. The Bertz CT molecular complexity index is 1470. The molecule has 0 bridgehead atoms. The highest BCUT2D eigenvalue weighted by Crippen LogP contribution is 2.35. The monoisotopic (exact) mass is 537 g/mol. The number of likely N-dealkylation sites (N-methyl/N-ethyl adjacent to an activating group) is 1. The molecule has 0 radical (unpaired) electrons. The van der Waals surface area contributed by atoms with Crippen LogP contribution < -0.4 is 10.6 Å². The molecule has 0 saturated carbocycles. The molecule has 1 atom stereocenters. The zero-order chi connectivity index (χ0) is 27.6. The largest absolute Gasteiger partial charge is 0.416 e. The molecule has 4 heterocycles. The summed E-state index contributed by atoms with van der Waals surface area (Å²) in [6.45, 7) is 5.67. The standard InChI is InChI=1S/C28H30F3N7O/c1-19-11-26-33-16-24(38(26)18-34-19)6-3-20-12-22(15-32-14-20)27(39)35-23-5-4-21(25(13-23)28(29,30)31)17-37-9-7-36(2)8-10-37/h4-5,11-13,15-16,18,27,32,35,39H,7-10,14,17H2,1-2H3. The zero-order valence-corrected chi connectivity index (χ0v) is 21.8. The van der Waals surface area contributed by atoms with Crippen LogP contribution in [0, 0.1) is 18.8 Å². The maximum atomic E-state index is 13.9. The van der Waals surface area contributed by atoms with Crippen LogP contribution in [0.15, 0.2) is 60.2 Å². The van der Waals surface area contributed by atoms with E-state index in [0.717, 1.165) is 43.6 Å². The number of dihydropyridines is 1. The molecule has 11 heteroatoms. The Hall–Kier alpha value is -3.85. The number of piperazine rings is 1. The molecule has 5 rings (SSSR count). The van der Waals surface area contributed by atoms with E-state index in [4.69, 9.17) is 0 Å². The van der Waals surface area contributed by atoms with Crippen molar-refractivity contribution in [1.82, 2.24) is 29.5 Å². The summed E-state index contributed by atoms with van der Waals surface area (Å²) in [6.07, 6.45) is 0.932. The molecule has 0 spiro atoms. The van der Waals surface area contributed by atoms with Crippen molar-refractivity contribution in [3.8, 4) is 11.8 Å². The van der Waals surface area contributed by atoms with Crippen molar-refractivity contribution < 1.29 is 18.3 Å². The zero-order valence-electron chi connectivity index (χ0n) is 21.8. The second-order valence-electron chi connectivity index (χ2n) is 9.84. The normalized spacial score (nSPS) is 17.6. The molecular formula is C28H30F3N7O. The van der Waals surface area contributed by atoms with Gasteiger partial charge in [-0.2, -0.15) is 13.2 Å². The Labute approximate surface area is 224 Å². The molecule has 1 aromatic carbocycles. The molecule has 1 unspecified atom stereocenters. The van der Waals surface area contributed by atoms with Crippen molar-refractivity contribution in [1.29, 1.82) is 0 Å². The first-order valence-corrected chi connectivity index (χ1v) is 12.7. The van der Waals surface area contributed by atoms with Gasteiger partial charge in [-0.25, -0.2) is 9.97 Å². The van der Waals surface area contributed by atoms with Crippen molar-refractivity contribution in [2.45, 2.75) is 25.9 Å². The number of nitrogens with zero attached hydrogens (tertiary/aromatic N) is 5. The molecule has 0 amide bonds. The topological polar surface area (TPSA) is 81.0 Å². The van der Waals surface area contributed by atoms with Crippen molar-refractivity contribution in [3.63, 3.8) is 0 Å². The van der Waals surface area contributed by atoms with Crippen LogP contribution in [-0.2, 0) is 12.7 Å². The van der Waals surface area contributed by atoms with Gasteiger partial charge in [-0.3, -0.25) is 9.30 Å². The highest BCUT2D eigenvalue weighted by atomic mass is 19.4. The van der Waals surface area contributed by atoms with Crippen LogP contribution in [0.4, 0.5) is 18.9 Å². The number of aromatic nitrogens is 3. The van der Waals surface area contributed by atoms with Crippen molar-refractivity contribution in [2.75, 3.05) is 45.1 Å². The Balaban J connectivity index is 1.29.